The van der Waals surface area contributed by atoms with E-state index in [1.807, 2.05) is 54.7 Å². The van der Waals surface area contributed by atoms with Gasteiger partial charge < -0.3 is 28.6 Å². The molecule has 212 valence electrons. The summed E-state index contributed by atoms with van der Waals surface area (Å²) in [5, 5.41) is 15.8. The highest BCUT2D eigenvalue weighted by atomic mass is 35.5. The summed E-state index contributed by atoms with van der Waals surface area (Å²) in [4.78, 5) is 11.3. The number of hydrazine groups is 2. The minimum Gasteiger partial charge on any atom is -0.493 e. The number of ether oxygens (including phenoxy) is 4. The Morgan fingerprint density at radius 3 is 2.73 bits per heavy atom. The first kappa shape index (κ1) is 27.8. The molecule has 12 heteroatoms. The van der Waals surface area contributed by atoms with Gasteiger partial charge in [-0.1, -0.05) is 23.7 Å². The molecule has 11 nitrogen and oxygen atoms in total. The fraction of sp³-hybridized carbons (Fsp3) is 0.357. The van der Waals surface area contributed by atoms with Crippen molar-refractivity contribution in [2.24, 2.45) is 5.10 Å². The normalized spacial score (nSPS) is 18.6. The number of methoxy groups -OCH3 is 2. The van der Waals surface area contributed by atoms with Crippen LogP contribution >= 0.6 is 11.6 Å². The van der Waals surface area contributed by atoms with Crippen LogP contribution in [-0.4, -0.2) is 59.6 Å². The molecule has 3 N–H and O–H groups in total. The maximum absolute atomic E-state index is 11.3. The van der Waals surface area contributed by atoms with Crippen LogP contribution in [0.2, 0.25) is 5.02 Å². The van der Waals surface area contributed by atoms with Gasteiger partial charge in [0, 0.05) is 28.9 Å². The topological polar surface area (TPSA) is 119 Å². The van der Waals surface area contributed by atoms with Crippen molar-refractivity contribution in [2.45, 2.75) is 38.1 Å². The second-order valence-corrected chi connectivity index (χ2v) is 10.3. The van der Waals surface area contributed by atoms with Crippen molar-refractivity contribution in [3.05, 3.63) is 76.6 Å². The van der Waals surface area contributed by atoms with Crippen LogP contribution in [0.1, 0.15) is 49.3 Å². The molecule has 0 fully saturated rings. The van der Waals surface area contributed by atoms with Gasteiger partial charge in [-0.25, -0.2) is 10.3 Å². The maximum Gasteiger partial charge on any atom is 0.335 e. The molecule has 0 radical (unpaired) electrons. The third-order valence-corrected chi connectivity index (χ3v) is 7.16. The Labute approximate surface area is 237 Å². The lowest BCUT2D eigenvalue weighted by Gasteiger charge is -2.26. The van der Waals surface area contributed by atoms with Crippen LogP contribution in [0.15, 0.2) is 59.8 Å². The highest BCUT2D eigenvalue weighted by molar-refractivity contribution is 6.30. The van der Waals surface area contributed by atoms with E-state index < -0.39 is 17.7 Å². The molecule has 2 aliphatic rings. The first-order valence-electron chi connectivity index (χ1n) is 12.8. The van der Waals surface area contributed by atoms with E-state index >= 15 is 0 Å². The van der Waals surface area contributed by atoms with Crippen LogP contribution in [0.25, 0.3) is 5.69 Å². The van der Waals surface area contributed by atoms with Gasteiger partial charge in [-0.15, -0.1) is 10.2 Å². The van der Waals surface area contributed by atoms with Crippen molar-refractivity contribution < 1.29 is 28.8 Å². The van der Waals surface area contributed by atoms with E-state index in [1.165, 1.54) is 13.8 Å². The average Bonchev–Trinajstić information content (AvgIpc) is 3.59. The number of nitrogens with one attached hydrogen (secondary N) is 2. The van der Waals surface area contributed by atoms with Crippen LogP contribution < -0.4 is 20.4 Å². The third-order valence-electron chi connectivity index (χ3n) is 6.93. The Morgan fingerprint density at radius 1 is 1.15 bits per heavy atom. The zero-order valence-corrected chi connectivity index (χ0v) is 23.4. The zero-order chi connectivity index (χ0) is 28.4. The van der Waals surface area contributed by atoms with Gasteiger partial charge in [-0.2, -0.15) is 0 Å². The maximum atomic E-state index is 11.3. The van der Waals surface area contributed by atoms with Gasteiger partial charge in [0.15, 0.2) is 22.9 Å². The minimum absolute atomic E-state index is 0.0133. The van der Waals surface area contributed by atoms with E-state index in [4.69, 9.17) is 30.5 Å². The van der Waals surface area contributed by atoms with E-state index in [0.29, 0.717) is 35.3 Å². The smallest absolute Gasteiger partial charge is 0.335 e. The molecule has 1 aromatic heterocycles. The Bertz CT molecular complexity index is 1420. The number of rotatable bonds is 10. The van der Waals surface area contributed by atoms with Gasteiger partial charge >= 0.3 is 5.97 Å². The molecular formula is C28H32ClN5O6. The minimum atomic E-state index is -1.33. The fourth-order valence-electron chi connectivity index (χ4n) is 4.77. The molecule has 2 atom stereocenters. The quantitative estimate of drug-likeness (QED) is 0.330. The summed E-state index contributed by atoms with van der Waals surface area (Å²) in [5.41, 5.74) is 8.37. The van der Waals surface area contributed by atoms with Crippen LogP contribution in [-0.2, 0) is 14.3 Å². The molecule has 0 aliphatic carbocycles. The highest BCUT2D eigenvalue weighted by Gasteiger charge is 2.34. The molecule has 0 spiro atoms. The molecular weight excluding hydrogens is 538 g/mol. The van der Waals surface area contributed by atoms with E-state index in [-0.39, 0.29) is 12.7 Å². The van der Waals surface area contributed by atoms with Crippen molar-refractivity contribution in [2.75, 3.05) is 27.4 Å². The van der Waals surface area contributed by atoms with Gasteiger partial charge in [0.1, 0.15) is 18.8 Å². The molecule has 0 saturated heterocycles. The second kappa shape index (κ2) is 11.4. The summed E-state index contributed by atoms with van der Waals surface area (Å²) < 4.78 is 25.9. The third kappa shape index (κ3) is 5.46. The predicted molar refractivity (Wildman–Crippen MR) is 149 cm³/mol. The Hall–Kier alpha value is -3.77. The van der Waals surface area contributed by atoms with E-state index in [0.717, 1.165) is 22.5 Å². The number of carboxylic acid groups (broad SMARTS) is 1. The van der Waals surface area contributed by atoms with Crippen molar-refractivity contribution in [3.63, 3.8) is 0 Å². The summed E-state index contributed by atoms with van der Waals surface area (Å²) in [6.07, 6.45) is 1.77. The lowest BCUT2D eigenvalue weighted by atomic mass is 9.98. The van der Waals surface area contributed by atoms with E-state index in [2.05, 4.69) is 20.6 Å². The van der Waals surface area contributed by atoms with Gasteiger partial charge in [-0.05, 0) is 56.7 Å². The first-order valence-corrected chi connectivity index (χ1v) is 13.2. The number of carboxylic acids is 1. The summed E-state index contributed by atoms with van der Waals surface area (Å²) in [5.74, 6) is 0.627. The number of hydrogen-bond acceptors (Lipinski definition) is 9. The second-order valence-electron chi connectivity index (χ2n) is 9.91. The number of hydrogen-bond donors (Lipinski definition) is 3. The van der Waals surface area contributed by atoms with Crippen molar-refractivity contribution in [1.29, 1.82) is 0 Å². The number of aromatic nitrogens is 1. The average molecular weight is 570 g/mol. The lowest BCUT2D eigenvalue weighted by molar-refractivity contribution is -0.159. The number of fused-ring (bicyclic) bond motifs is 3. The van der Waals surface area contributed by atoms with Crippen LogP contribution in [0.3, 0.4) is 0 Å². The molecule has 0 saturated carbocycles. The molecule has 3 heterocycles. The molecule has 5 rings (SSSR count). The van der Waals surface area contributed by atoms with E-state index in [9.17, 15) is 9.90 Å². The molecule has 2 aromatic carbocycles. The SMILES string of the molecule is COc1cccc([C@H]2O[C@H](CCN3NN=C(COC(C)(C)C(=O)O)N3)c3cccn3-c3ccc(Cl)cc32)c1OC. The highest BCUT2D eigenvalue weighted by Crippen LogP contribution is 2.46. The van der Waals surface area contributed by atoms with Crippen LogP contribution in [0, 0.1) is 0 Å². The van der Waals surface area contributed by atoms with Gasteiger partial charge in [0.2, 0.25) is 0 Å². The Morgan fingerprint density at radius 2 is 1.98 bits per heavy atom. The standard InChI is InChI=1S/C28H32ClN5O6/c1-28(2,27(35)36)39-16-24-30-32-34(31-24)14-12-22-21-8-6-13-33(21)20-11-10-17(29)15-19(20)25(40-22)18-7-5-9-23(37-3)26(18)38-4/h5-11,13,15,22,25,32H,12,14,16H2,1-4H3,(H,30,31)(H,35,36)/t22-,25-/m1/s1. The summed E-state index contributed by atoms with van der Waals surface area (Å²) in [6, 6.07) is 15.6. The predicted octanol–water partition coefficient (Wildman–Crippen LogP) is 4.22. The van der Waals surface area contributed by atoms with Crippen molar-refractivity contribution >= 4 is 23.4 Å². The number of carbonyl (C=O) groups is 1. The number of nitrogens with zero attached hydrogens (tertiary/aromatic N) is 3. The zero-order valence-electron chi connectivity index (χ0n) is 22.7. The van der Waals surface area contributed by atoms with E-state index in [1.54, 1.807) is 19.3 Å². The van der Waals surface area contributed by atoms with Crippen molar-refractivity contribution in [3.8, 4) is 17.2 Å². The molecule has 40 heavy (non-hydrogen) atoms. The molecule has 2 aliphatic heterocycles. The molecule has 0 amide bonds. The Kier molecular flexibility index (Phi) is 7.90. The number of para-hydroxylation sites is 1. The molecule has 0 bridgehead atoms. The summed E-state index contributed by atoms with van der Waals surface area (Å²) >= 11 is 6.48. The Balaban J connectivity index is 1.39. The summed E-state index contributed by atoms with van der Waals surface area (Å²) in [7, 11) is 3.22. The number of halogens is 1. The number of hydrazone groups is 1. The first-order chi connectivity index (χ1) is 19.2. The number of benzene rings is 2. The lowest BCUT2D eigenvalue weighted by Crippen LogP contribution is -2.45. The van der Waals surface area contributed by atoms with Crippen molar-refractivity contribution in [1.82, 2.24) is 20.6 Å². The molecule has 0 unspecified atom stereocenters. The monoisotopic (exact) mass is 569 g/mol. The van der Waals surface area contributed by atoms with Gasteiger partial charge in [-0.3, -0.25) is 5.43 Å². The molecule has 3 aromatic rings. The van der Waals surface area contributed by atoms with Crippen LogP contribution in [0.4, 0.5) is 0 Å². The van der Waals surface area contributed by atoms with Gasteiger partial charge in [0.05, 0.1) is 25.6 Å². The number of aliphatic carboxylic acids is 1. The summed E-state index contributed by atoms with van der Waals surface area (Å²) in [6.45, 7) is 3.50. The van der Waals surface area contributed by atoms with Gasteiger partial charge in [0.25, 0.3) is 0 Å². The fourth-order valence-corrected chi connectivity index (χ4v) is 4.95. The largest absolute Gasteiger partial charge is 0.493 e. The number of amidine groups is 1. The van der Waals surface area contributed by atoms with Crippen LogP contribution in [0.5, 0.6) is 11.5 Å².